The molecule has 1 aliphatic rings. The molecule has 0 aromatic heterocycles. The monoisotopic (exact) mass is 353 g/mol. The van der Waals surface area contributed by atoms with Crippen molar-refractivity contribution in [3.05, 3.63) is 71.3 Å². The van der Waals surface area contributed by atoms with Crippen LogP contribution >= 0.6 is 0 Å². The first-order chi connectivity index (χ1) is 12.5. The van der Waals surface area contributed by atoms with E-state index < -0.39 is 29.9 Å². The van der Waals surface area contributed by atoms with E-state index >= 15 is 0 Å². The van der Waals surface area contributed by atoms with Gasteiger partial charge in [0.05, 0.1) is 23.8 Å². The topological polar surface area (TPSA) is 83.9 Å². The van der Waals surface area contributed by atoms with Crippen molar-refractivity contribution in [3.63, 3.8) is 0 Å². The summed E-state index contributed by atoms with van der Waals surface area (Å²) in [6.07, 6.45) is -1.48. The molecule has 1 N–H and O–H groups in total. The number of imide groups is 1. The highest BCUT2D eigenvalue weighted by Crippen LogP contribution is 2.27. The molecule has 0 spiro atoms. The largest absolute Gasteiger partial charge is 0.464 e. The fourth-order valence-corrected chi connectivity index (χ4v) is 3.09. The maximum atomic E-state index is 12.8. The van der Waals surface area contributed by atoms with Crippen molar-refractivity contribution in [2.24, 2.45) is 0 Å². The SMILES string of the molecule is CCOC(=O)C(O)C(Cc1ccccc1)N1C(=O)c2ccccc2C1=O. The molecule has 6 heteroatoms. The number of aliphatic hydroxyl groups is 1. The van der Waals surface area contributed by atoms with Crippen molar-refractivity contribution in [1.29, 1.82) is 0 Å². The Labute approximate surface area is 151 Å². The molecule has 2 aromatic rings. The van der Waals surface area contributed by atoms with E-state index in [4.69, 9.17) is 4.74 Å². The molecular weight excluding hydrogens is 334 g/mol. The van der Waals surface area contributed by atoms with Gasteiger partial charge in [0, 0.05) is 0 Å². The van der Waals surface area contributed by atoms with Crippen LogP contribution in [0.5, 0.6) is 0 Å². The number of hydrogen-bond donors (Lipinski definition) is 1. The maximum Gasteiger partial charge on any atom is 0.337 e. The number of nitrogens with zero attached hydrogens (tertiary/aromatic N) is 1. The second kappa shape index (κ2) is 7.49. The number of ether oxygens (including phenoxy) is 1. The van der Waals surface area contributed by atoms with Crippen LogP contribution in [0.1, 0.15) is 33.2 Å². The fourth-order valence-electron chi connectivity index (χ4n) is 3.09. The summed E-state index contributed by atoms with van der Waals surface area (Å²) in [5.74, 6) is -1.89. The van der Waals surface area contributed by atoms with E-state index in [2.05, 4.69) is 0 Å². The molecule has 134 valence electrons. The third kappa shape index (κ3) is 3.23. The molecule has 1 aliphatic heterocycles. The Morgan fingerprint density at radius 3 is 2.08 bits per heavy atom. The van der Waals surface area contributed by atoms with E-state index in [0.29, 0.717) is 0 Å². The molecule has 0 radical (unpaired) electrons. The Morgan fingerprint density at radius 2 is 1.54 bits per heavy atom. The lowest BCUT2D eigenvalue weighted by Crippen LogP contribution is -2.51. The summed E-state index contributed by atoms with van der Waals surface area (Å²) >= 11 is 0. The summed E-state index contributed by atoms with van der Waals surface area (Å²) in [6, 6.07) is 14.5. The smallest absolute Gasteiger partial charge is 0.337 e. The molecule has 2 aromatic carbocycles. The van der Waals surface area contributed by atoms with Crippen LogP contribution in [-0.4, -0.2) is 46.5 Å². The summed E-state index contributed by atoms with van der Waals surface area (Å²) in [5, 5.41) is 10.5. The van der Waals surface area contributed by atoms with Gasteiger partial charge in [-0.05, 0) is 31.0 Å². The normalized spacial score (nSPS) is 15.5. The number of carbonyl (C=O) groups is 3. The minimum Gasteiger partial charge on any atom is -0.464 e. The van der Waals surface area contributed by atoms with Gasteiger partial charge in [-0.1, -0.05) is 42.5 Å². The van der Waals surface area contributed by atoms with Crippen LogP contribution in [-0.2, 0) is 16.0 Å². The van der Waals surface area contributed by atoms with Gasteiger partial charge in [0.2, 0.25) is 0 Å². The molecule has 3 rings (SSSR count). The Hall–Kier alpha value is -2.99. The van der Waals surface area contributed by atoms with Gasteiger partial charge in [-0.15, -0.1) is 0 Å². The van der Waals surface area contributed by atoms with E-state index in [1.54, 1.807) is 31.2 Å². The predicted octanol–water partition coefficient (Wildman–Crippen LogP) is 1.82. The molecule has 0 saturated heterocycles. The summed E-state index contributed by atoms with van der Waals surface area (Å²) in [7, 11) is 0. The minimum atomic E-state index is -1.63. The molecule has 0 saturated carbocycles. The Morgan fingerprint density at radius 1 is 1.00 bits per heavy atom. The summed E-state index contributed by atoms with van der Waals surface area (Å²) in [5.41, 5.74) is 1.33. The molecule has 2 atom stereocenters. The lowest BCUT2D eigenvalue weighted by molar-refractivity contribution is -0.155. The van der Waals surface area contributed by atoms with Crippen LogP contribution < -0.4 is 0 Å². The highest BCUT2D eigenvalue weighted by atomic mass is 16.5. The van der Waals surface area contributed by atoms with E-state index in [1.165, 1.54) is 0 Å². The first-order valence-electron chi connectivity index (χ1n) is 8.40. The van der Waals surface area contributed by atoms with Crippen LogP contribution in [0.25, 0.3) is 0 Å². The first-order valence-corrected chi connectivity index (χ1v) is 8.40. The van der Waals surface area contributed by atoms with Gasteiger partial charge in [0.15, 0.2) is 6.10 Å². The van der Waals surface area contributed by atoms with Crippen molar-refractivity contribution in [1.82, 2.24) is 4.90 Å². The van der Waals surface area contributed by atoms with Gasteiger partial charge in [0.1, 0.15) is 0 Å². The maximum absolute atomic E-state index is 12.8. The van der Waals surface area contributed by atoms with Crippen molar-refractivity contribution < 1.29 is 24.2 Å². The standard InChI is InChI=1S/C20H19NO5/c1-2-26-20(25)17(22)16(12-13-8-4-3-5-9-13)21-18(23)14-10-6-7-11-15(14)19(21)24/h3-11,16-17,22H,2,12H2,1H3. The molecule has 0 fully saturated rings. The van der Waals surface area contributed by atoms with Crippen molar-refractivity contribution >= 4 is 17.8 Å². The van der Waals surface area contributed by atoms with Crippen LogP contribution in [0.4, 0.5) is 0 Å². The number of fused-ring (bicyclic) bond motifs is 1. The molecule has 2 amide bonds. The number of carbonyl (C=O) groups excluding carboxylic acids is 3. The Balaban J connectivity index is 1.97. The van der Waals surface area contributed by atoms with E-state index in [0.717, 1.165) is 10.5 Å². The minimum absolute atomic E-state index is 0.0933. The van der Waals surface area contributed by atoms with Gasteiger partial charge in [-0.3, -0.25) is 14.5 Å². The number of hydrogen-bond acceptors (Lipinski definition) is 5. The zero-order valence-corrected chi connectivity index (χ0v) is 14.3. The van der Waals surface area contributed by atoms with Gasteiger partial charge in [-0.2, -0.15) is 0 Å². The highest BCUT2D eigenvalue weighted by molar-refractivity contribution is 6.21. The fraction of sp³-hybridized carbons (Fsp3) is 0.250. The summed E-state index contributed by atoms with van der Waals surface area (Å²) in [6.45, 7) is 1.72. The molecule has 0 aliphatic carbocycles. The lowest BCUT2D eigenvalue weighted by atomic mass is 9.99. The van der Waals surface area contributed by atoms with Crippen LogP contribution in [0.15, 0.2) is 54.6 Å². The van der Waals surface area contributed by atoms with Crippen molar-refractivity contribution in [2.45, 2.75) is 25.5 Å². The lowest BCUT2D eigenvalue weighted by Gasteiger charge is -2.29. The van der Waals surface area contributed by atoms with Gasteiger partial charge < -0.3 is 9.84 Å². The van der Waals surface area contributed by atoms with E-state index in [1.807, 2.05) is 30.3 Å². The predicted molar refractivity (Wildman–Crippen MR) is 93.5 cm³/mol. The van der Waals surface area contributed by atoms with Crippen LogP contribution in [0, 0.1) is 0 Å². The third-order valence-electron chi connectivity index (χ3n) is 4.34. The number of aliphatic hydroxyl groups excluding tert-OH is 1. The zero-order valence-electron chi connectivity index (χ0n) is 14.3. The second-order valence-corrected chi connectivity index (χ2v) is 5.98. The number of esters is 1. The van der Waals surface area contributed by atoms with Crippen LogP contribution in [0.3, 0.4) is 0 Å². The molecule has 26 heavy (non-hydrogen) atoms. The second-order valence-electron chi connectivity index (χ2n) is 5.98. The zero-order chi connectivity index (χ0) is 18.7. The number of amides is 2. The molecule has 6 nitrogen and oxygen atoms in total. The molecule has 1 heterocycles. The van der Waals surface area contributed by atoms with E-state index in [9.17, 15) is 19.5 Å². The van der Waals surface area contributed by atoms with Gasteiger partial charge >= 0.3 is 5.97 Å². The van der Waals surface area contributed by atoms with E-state index in [-0.39, 0.29) is 24.2 Å². The van der Waals surface area contributed by atoms with Crippen molar-refractivity contribution in [2.75, 3.05) is 6.61 Å². The van der Waals surface area contributed by atoms with Gasteiger partial charge in [0.25, 0.3) is 11.8 Å². The average Bonchev–Trinajstić information content (AvgIpc) is 2.91. The average molecular weight is 353 g/mol. The summed E-state index contributed by atoms with van der Waals surface area (Å²) < 4.78 is 4.89. The third-order valence-corrected chi connectivity index (χ3v) is 4.34. The number of benzene rings is 2. The molecular formula is C20H19NO5. The first kappa shape index (κ1) is 17.8. The van der Waals surface area contributed by atoms with Crippen molar-refractivity contribution in [3.8, 4) is 0 Å². The Bertz CT molecular complexity index is 798. The van der Waals surface area contributed by atoms with Crippen LogP contribution in [0.2, 0.25) is 0 Å². The quantitative estimate of drug-likeness (QED) is 0.633. The Kier molecular flexibility index (Phi) is 5.14. The number of rotatable bonds is 6. The highest BCUT2D eigenvalue weighted by Gasteiger charge is 2.44. The summed E-state index contributed by atoms with van der Waals surface area (Å²) in [4.78, 5) is 38.6. The molecule has 2 unspecified atom stereocenters. The molecule has 0 bridgehead atoms. The van der Waals surface area contributed by atoms with Gasteiger partial charge in [-0.25, -0.2) is 4.79 Å².